The van der Waals surface area contributed by atoms with Crippen molar-refractivity contribution in [2.45, 2.75) is 6.42 Å². The Kier molecular flexibility index (Phi) is 4.64. The lowest BCUT2D eigenvalue weighted by Crippen LogP contribution is -2.11. The van der Waals surface area contributed by atoms with Gasteiger partial charge >= 0.3 is 0 Å². The van der Waals surface area contributed by atoms with Gasteiger partial charge in [-0.1, -0.05) is 54.6 Å². The van der Waals surface area contributed by atoms with Crippen LogP contribution < -0.4 is 0 Å². The Morgan fingerprint density at radius 2 is 1.25 bits per heavy atom. The van der Waals surface area contributed by atoms with Crippen LogP contribution in [-0.4, -0.2) is 25.5 Å². The lowest BCUT2D eigenvalue weighted by Gasteiger charge is -2.08. The lowest BCUT2D eigenvalue weighted by atomic mass is 10.0. The van der Waals surface area contributed by atoms with E-state index in [0.717, 1.165) is 13.0 Å². The molecular weight excluding hydrogens is 266 g/mol. The lowest BCUT2D eigenvalue weighted by molar-refractivity contribution is 0.417. The van der Waals surface area contributed by atoms with E-state index in [1.165, 1.54) is 27.8 Å². The maximum Gasteiger partial charge on any atom is 0.00101 e. The summed E-state index contributed by atoms with van der Waals surface area (Å²) in [5.41, 5.74) is 6.89. The molecule has 3 rings (SSSR count). The van der Waals surface area contributed by atoms with Gasteiger partial charge in [0.1, 0.15) is 0 Å². The molecule has 1 aliphatic rings. The molecule has 20 heavy (non-hydrogen) atoms. The van der Waals surface area contributed by atoms with E-state index in [1.54, 1.807) is 0 Å². The van der Waals surface area contributed by atoms with Crippen LogP contribution in [0, 0.1) is 0 Å². The van der Waals surface area contributed by atoms with Gasteiger partial charge < -0.3 is 4.90 Å². The molecule has 0 aliphatic heterocycles. The number of halogens is 1. The van der Waals surface area contributed by atoms with Crippen molar-refractivity contribution in [2.75, 3.05) is 20.6 Å². The highest BCUT2D eigenvalue weighted by molar-refractivity contribution is 6.00. The molecule has 0 N–H and O–H groups in total. The van der Waals surface area contributed by atoms with Gasteiger partial charge in [0.15, 0.2) is 0 Å². The first-order chi connectivity index (χ1) is 9.27. The monoisotopic (exact) mass is 285 g/mol. The zero-order valence-corrected chi connectivity index (χ0v) is 12.8. The van der Waals surface area contributed by atoms with Gasteiger partial charge in [-0.05, 0) is 48.3 Å². The maximum atomic E-state index is 2.38. The Morgan fingerprint density at radius 3 is 1.70 bits per heavy atom. The normalized spacial score (nSPS) is 11.8. The third-order valence-corrected chi connectivity index (χ3v) is 3.65. The molecule has 0 fully saturated rings. The third-order valence-electron chi connectivity index (χ3n) is 3.65. The van der Waals surface area contributed by atoms with Gasteiger partial charge in [0.2, 0.25) is 0 Å². The summed E-state index contributed by atoms with van der Waals surface area (Å²) in [5.74, 6) is 0. The molecule has 2 heteroatoms. The molecule has 0 heterocycles. The smallest absolute Gasteiger partial charge is 0.00101 e. The molecule has 104 valence electrons. The van der Waals surface area contributed by atoms with Crippen molar-refractivity contribution in [3.8, 4) is 11.1 Å². The second kappa shape index (κ2) is 6.25. The molecule has 1 aliphatic carbocycles. The minimum atomic E-state index is 0. The average molecular weight is 286 g/mol. The van der Waals surface area contributed by atoms with Crippen molar-refractivity contribution >= 4 is 18.0 Å². The fourth-order valence-electron chi connectivity index (χ4n) is 2.74. The van der Waals surface area contributed by atoms with Crippen LogP contribution in [0.5, 0.6) is 0 Å². The van der Waals surface area contributed by atoms with E-state index in [1.807, 2.05) is 0 Å². The molecule has 0 bridgehead atoms. The minimum absolute atomic E-state index is 0. The van der Waals surface area contributed by atoms with Crippen molar-refractivity contribution in [1.29, 1.82) is 0 Å². The highest BCUT2D eigenvalue weighted by atomic mass is 35.5. The van der Waals surface area contributed by atoms with Crippen molar-refractivity contribution < 1.29 is 0 Å². The average Bonchev–Trinajstić information content (AvgIpc) is 2.74. The molecule has 0 spiro atoms. The fourth-order valence-corrected chi connectivity index (χ4v) is 2.74. The second-order valence-corrected chi connectivity index (χ2v) is 5.30. The number of nitrogens with zero attached hydrogens (tertiary/aromatic N) is 1. The van der Waals surface area contributed by atoms with E-state index < -0.39 is 0 Å². The fraction of sp³-hybridized carbons (Fsp3) is 0.222. The van der Waals surface area contributed by atoms with Gasteiger partial charge in [0, 0.05) is 6.54 Å². The molecule has 0 saturated heterocycles. The van der Waals surface area contributed by atoms with E-state index in [2.05, 4.69) is 73.6 Å². The van der Waals surface area contributed by atoms with Crippen molar-refractivity contribution in [2.24, 2.45) is 0 Å². The molecule has 2 aromatic carbocycles. The van der Waals surface area contributed by atoms with E-state index in [9.17, 15) is 0 Å². The minimum Gasteiger partial charge on any atom is -0.309 e. The van der Waals surface area contributed by atoms with Gasteiger partial charge in [-0.15, -0.1) is 12.4 Å². The molecule has 0 radical (unpaired) electrons. The highest BCUT2D eigenvalue weighted by Gasteiger charge is 2.21. The van der Waals surface area contributed by atoms with E-state index >= 15 is 0 Å². The molecule has 0 atom stereocenters. The quantitative estimate of drug-likeness (QED) is 0.686. The Balaban J connectivity index is 0.00000147. The van der Waals surface area contributed by atoms with Gasteiger partial charge in [-0.3, -0.25) is 0 Å². The zero-order valence-electron chi connectivity index (χ0n) is 12.0. The molecule has 2 aromatic rings. The molecule has 0 amide bonds. The summed E-state index contributed by atoms with van der Waals surface area (Å²) >= 11 is 0. The molecule has 0 saturated carbocycles. The summed E-state index contributed by atoms with van der Waals surface area (Å²) in [5, 5.41) is 0. The first-order valence-electron chi connectivity index (χ1n) is 6.81. The van der Waals surface area contributed by atoms with E-state index in [-0.39, 0.29) is 12.4 Å². The van der Waals surface area contributed by atoms with Crippen LogP contribution in [0.25, 0.3) is 16.7 Å². The van der Waals surface area contributed by atoms with Crippen LogP contribution in [0.15, 0.2) is 54.6 Å². The third kappa shape index (κ3) is 2.65. The van der Waals surface area contributed by atoms with Crippen molar-refractivity contribution in [3.05, 3.63) is 65.7 Å². The Labute approximate surface area is 127 Å². The van der Waals surface area contributed by atoms with Gasteiger partial charge in [-0.25, -0.2) is 0 Å². The Morgan fingerprint density at radius 1 is 0.800 bits per heavy atom. The SMILES string of the molecule is CN(C)CCC=C1c2ccccc2-c2ccccc21.Cl. The maximum absolute atomic E-state index is 2.38. The number of hydrogen-bond acceptors (Lipinski definition) is 1. The molecule has 0 aromatic heterocycles. The molecule has 0 unspecified atom stereocenters. The first-order valence-corrected chi connectivity index (χ1v) is 6.81. The summed E-state index contributed by atoms with van der Waals surface area (Å²) in [6, 6.07) is 17.4. The van der Waals surface area contributed by atoms with Gasteiger partial charge in [-0.2, -0.15) is 0 Å². The van der Waals surface area contributed by atoms with E-state index in [0.29, 0.717) is 0 Å². The Hall–Kier alpha value is -1.57. The van der Waals surface area contributed by atoms with Crippen LogP contribution in [-0.2, 0) is 0 Å². The van der Waals surface area contributed by atoms with Crippen LogP contribution in [0.1, 0.15) is 17.5 Å². The van der Waals surface area contributed by atoms with E-state index in [4.69, 9.17) is 0 Å². The molecule has 1 nitrogen and oxygen atoms in total. The number of hydrogen-bond donors (Lipinski definition) is 0. The number of benzene rings is 2. The number of fused-ring (bicyclic) bond motifs is 3. The number of rotatable bonds is 3. The predicted octanol–water partition coefficient (Wildman–Crippen LogP) is 4.47. The summed E-state index contributed by atoms with van der Waals surface area (Å²) < 4.78 is 0. The van der Waals surface area contributed by atoms with Crippen molar-refractivity contribution in [3.63, 3.8) is 0 Å². The Bertz CT molecular complexity index is 581. The topological polar surface area (TPSA) is 3.24 Å². The highest BCUT2D eigenvalue weighted by Crippen LogP contribution is 2.43. The summed E-state index contributed by atoms with van der Waals surface area (Å²) in [4.78, 5) is 2.23. The van der Waals surface area contributed by atoms with Crippen LogP contribution in [0.3, 0.4) is 0 Å². The second-order valence-electron chi connectivity index (χ2n) is 5.30. The van der Waals surface area contributed by atoms with Gasteiger partial charge in [0.05, 0.1) is 0 Å². The summed E-state index contributed by atoms with van der Waals surface area (Å²) in [6.07, 6.45) is 3.47. The summed E-state index contributed by atoms with van der Waals surface area (Å²) in [7, 11) is 4.24. The van der Waals surface area contributed by atoms with Crippen LogP contribution >= 0.6 is 12.4 Å². The molecular formula is C18H20ClN. The first kappa shape index (κ1) is 14.8. The van der Waals surface area contributed by atoms with Crippen LogP contribution in [0.4, 0.5) is 0 Å². The van der Waals surface area contributed by atoms with Crippen molar-refractivity contribution in [1.82, 2.24) is 4.90 Å². The predicted molar refractivity (Wildman–Crippen MR) is 89.4 cm³/mol. The summed E-state index contributed by atoms with van der Waals surface area (Å²) in [6.45, 7) is 1.09. The standard InChI is InChI=1S/C18H19N.ClH/c1-19(2)13-7-12-18-16-10-5-3-8-14(16)15-9-4-6-11-17(15)18;/h3-6,8-12H,7,13H2,1-2H3;1H. The largest absolute Gasteiger partial charge is 0.309 e. The van der Waals surface area contributed by atoms with Crippen LogP contribution in [0.2, 0.25) is 0 Å². The van der Waals surface area contributed by atoms with Gasteiger partial charge in [0.25, 0.3) is 0 Å². The zero-order chi connectivity index (χ0) is 13.2.